The molecule has 1 unspecified atom stereocenters. The lowest BCUT2D eigenvalue weighted by Gasteiger charge is -2.21. The number of halogens is 2. The molecule has 190 valence electrons. The zero-order valence-electron chi connectivity index (χ0n) is 20.1. The molecule has 0 spiro atoms. The van der Waals surface area contributed by atoms with Crippen molar-refractivity contribution < 1.29 is 15.5 Å². The third kappa shape index (κ3) is 7.69. The summed E-state index contributed by atoms with van der Waals surface area (Å²) in [6.45, 7) is 1.40. The van der Waals surface area contributed by atoms with E-state index in [1.165, 1.54) is 31.2 Å². The molecule has 1 saturated carbocycles. The Morgan fingerprint density at radius 2 is 1.69 bits per heavy atom. The molecule has 0 radical (unpaired) electrons. The maximum atomic E-state index is 12.6. The van der Waals surface area contributed by atoms with Crippen LogP contribution in [0.15, 0.2) is 66.7 Å². The van der Waals surface area contributed by atoms with Crippen molar-refractivity contribution in [3.8, 4) is 11.1 Å². The Morgan fingerprint density at radius 1 is 0.972 bits per heavy atom. The fraction of sp³-hybridized carbons (Fsp3) is 0.321. The number of nitrogens with two attached hydrogens (primary N) is 1. The molecule has 6 nitrogen and oxygen atoms in total. The molecule has 36 heavy (non-hydrogen) atoms. The standard InChI is InChI=1S/C28H32Cl2N4O2/c29-23-15-24(30)17-27(16-23)33-28(35)32-18-22(12-13-31-25-5-1-2-6-25)20-10-8-19(9-11-20)21-4-3-7-26(14-21)34-36/h3-4,7-11,14-17,22,25,31,34,36H,1-2,5-6,12-13,18H2,(H2,32,33,35)/p+1. The van der Waals surface area contributed by atoms with Crippen molar-refractivity contribution in [3.63, 3.8) is 0 Å². The van der Waals surface area contributed by atoms with Crippen LogP contribution in [0.25, 0.3) is 11.1 Å². The van der Waals surface area contributed by atoms with Crippen LogP contribution in [0.1, 0.15) is 43.6 Å². The van der Waals surface area contributed by atoms with Crippen molar-refractivity contribution in [2.24, 2.45) is 0 Å². The highest BCUT2D eigenvalue weighted by atomic mass is 35.5. The SMILES string of the molecule is O=C(NCC(CCNC1CCCC1)c1ccc(-c2cccc([NH2+]O)c2)cc1)Nc1cc(Cl)cc(Cl)c1. The molecule has 1 aliphatic carbocycles. The number of anilines is 1. The van der Waals surface area contributed by atoms with Crippen LogP contribution in [0, 0.1) is 0 Å². The topological polar surface area (TPSA) is 90.0 Å². The lowest BCUT2D eigenvalue weighted by molar-refractivity contribution is -0.825. The summed E-state index contributed by atoms with van der Waals surface area (Å²) in [5.41, 5.74) is 5.72. The van der Waals surface area contributed by atoms with E-state index in [-0.39, 0.29) is 11.9 Å². The molecule has 4 rings (SSSR count). The average molecular weight is 529 g/mol. The maximum Gasteiger partial charge on any atom is 0.319 e. The largest absolute Gasteiger partial charge is 0.337 e. The molecule has 0 bridgehead atoms. The second-order valence-corrected chi connectivity index (χ2v) is 10.2. The fourth-order valence-corrected chi connectivity index (χ4v) is 5.27. The van der Waals surface area contributed by atoms with Gasteiger partial charge in [0.1, 0.15) is 0 Å². The Bertz CT molecular complexity index is 1130. The van der Waals surface area contributed by atoms with Crippen molar-refractivity contribution in [3.05, 3.63) is 82.3 Å². The first kappa shape index (κ1) is 26.5. The van der Waals surface area contributed by atoms with Gasteiger partial charge in [0.25, 0.3) is 0 Å². The number of nitrogens with one attached hydrogen (secondary N) is 3. The highest BCUT2D eigenvalue weighted by Crippen LogP contribution is 2.26. The van der Waals surface area contributed by atoms with Gasteiger partial charge in [0.2, 0.25) is 0 Å². The number of hydrogen-bond acceptors (Lipinski definition) is 3. The summed E-state index contributed by atoms with van der Waals surface area (Å²) < 4.78 is 0. The van der Waals surface area contributed by atoms with Crippen LogP contribution in [0.3, 0.4) is 0 Å². The van der Waals surface area contributed by atoms with Gasteiger partial charge in [-0.2, -0.15) is 5.48 Å². The lowest BCUT2D eigenvalue weighted by Crippen LogP contribution is -2.73. The van der Waals surface area contributed by atoms with Crippen LogP contribution < -0.4 is 21.4 Å². The predicted octanol–water partition coefficient (Wildman–Crippen LogP) is 6.07. The van der Waals surface area contributed by atoms with Crippen molar-refractivity contribution in [2.45, 2.75) is 44.1 Å². The molecular formula is C28H33Cl2N4O2+. The summed E-state index contributed by atoms with van der Waals surface area (Å²) in [7, 11) is 0. The Morgan fingerprint density at radius 3 is 2.39 bits per heavy atom. The van der Waals surface area contributed by atoms with Crippen LogP contribution >= 0.6 is 23.2 Å². The van der Waals surface area contributed by atoms with Crippen LogP contribution in [0.5, 0.6) is 0 Å². The van der Waals surface area contributed by atoms with E-state index in [1.54, 1.807) is 18.2 Å². The first-order valence-electron chi connectivity index (χ1n) is 12.4. The van der Waals surface area contributed by atoms with Gasteiger partial charge < -0.3 is 16.0 Å². The number of benzene rings is 3. The van der Waals surface area contributed by atoms with Gasteiger partial charge in [0.15, 0.2) is 5.69 Å². The molecule has 0 aromatic heterocycles. The molecule has 1 fully saturated rings. The Kier molecular flexibility index (Phi) is 9.61. The Labute approximate surface area is 222 Å². The van der Waals surface area contributed by atoms with Crippen molar-refractivity contribution in [1.29, 1.82) is 0 Å². The van der Waals surface area contributed by atoms with Crippen molar-refractivity contribution in [2.75, 3.05) is 18.4 Å². The van der Waals surface area contributed by atoms with Crippen LogP contribution in [-0.2, 0) is 0 Å². The summed E-state index contributed by atoms with van der Waals surface area (Å²) in [5, 5.41) is 19.8. The van der Waals surface area contributed by atoms with E-state index < -0.39 is 0 Å². The molecule has 1 aliphatic rings. The van der Waals surface area contributed by atoms with E-state index in [4.69, 9.17) is 23.2 Å². The number of rotatable bonds is 10. The van der Waals surface area contributed by atoms with Gasteiger partial charge in [0, 0.05) is 46.4 Å². The van der Waals surface area contributed by atoms with Gasteiger partial charge in [-0.25, -0.2) is 10.0 Å². The van der Waals surface area contributed by atoms with Gasteiger partial charge in [-0.1, -0.05) is 72.4 Å². The van der Waals surface area contributed by atoms with Crippen LogP contribution in [-0.4, -0.2) is 30.4 Å². The third-order valence-electron chi connectivity index (χ3n) is 6.66. The minimum atomic E-state index is -0.296. The summed E-state index contributed by atoms with van der Waals surface area (Å²) in [4.78, 5) is 12.6. The van der Waals surface area contributed by atoms with Gasteiger partial charge in [-0.15, -0.1) is 0 Å². The number of quaternary nitrogens is 1. The average Bonchev–Trinajstić information content (AvgIpc) is 3.39. The van der Waals surface area contributed by atoms with Gasteiger partial charge in [-0.3, -0.25) is 0 Å². The zero-order valence-corrected chi connectivity index (χ0v) is 21.7. The second kappa shape index (κ2) is 13.1. The first-order valence-corrected chi connectivity index (χ1v) is 13.2. The smallest absolute Gasteiger partial charge is 0.319 e. The lowest BCUT2D eigenvalue weighted by atomic mass is 9.93. The van der Waals surface area contributed by atoms with E-state index >= 15 is 0 Å². The zero-order chi connectivity index (χ0) is 25.3. The summed E-state index contributed by atoms with van der Waals surface area (Å²) >= 11 is 12.1. The molecule has 1 atom stereocenters. The second-order valence-electron chi connectivity index (χ2n) is 9.29. The summed E-state index contributed by atoms with van der Waals surface area (Å²) in [6.07, 6.45) is 5.99. The summed E-state index contributed by atoms with van der Waals surface area (Å²) in [6, 6.07) is 21.5. The summed E-state index contributed by atoms with van der Waals surface area (Å²) in [5.74, 6) is 0.152. The number of amides is 2. The molecule has 6 N–H and O–H groups in total. The first-order chi connectivity index (χ1) is 17.5. The quantitative estimate of drug-likeness (QED) is 0.163. The number of urea groups is 1. The molecule has 2 amide bonds. The van der Waals surface area contributed by atoms with E-state index in [1.807, 2.05) is 24.3 Å². The molecule has 0 aliphatic heterocycles. The molecule has 0 heterocycles. The third-order valence-corrected chi connectivity index (χ3v) is 7.10. The molecule has 8 heteroatoms. The van der Waals surface area contributed by atoms with E-state index in [0.717, 1.165) is 35.3 Å². The van der Waals surface area contributed by atoms with Crippen LogP contribution in [0.2, 0.25) is 10.0 Å². The predicted molar refractivity (Wildman–Crippen MR) is 146 cm³/mol. The van der Waals surface area contributed by atoms with Gasteiger partial charge >= 0.3 is 6.03 Å². The van der Waals surface area contributed by atoms with Gasteiger partial charge in [0.05, 0.1) is 0 Å². The number of hydrogen-bond donors (Lipinski definition) is 5. The highest BCUT2D eigenvalue weighted by molar-refractivity contribution is 6.35. The minimum absolute atomic E-state index is 0.152. The minimum Gasteiger partial charge on any atom is -0.337 e. The van der Waals surface area contributed by atoms with Crippen molar-refractivity contribution >= 4 is 40.6 Å². The van der Waals surface area contributed by atoms with Crippen molar-refractivity contribution in [1.82, 2.24) is 10.6 Å². The molecular weight excluding hydrogens is 495 g/mol. The highest BCUT2D eigenvalue weighted by Gasteiger charge is 2.17. The van der Waals surface area contributed by atoms with E-state index in [2.05, 4.69) is 40.2 Å². The molecule has 3 aromatic rings. The fourth-order valence-electron chi connectivity index (χ4n) is 4.74. The molecule has 3 aromatic carbocycles. The Balaban J connectivity index is 1.42. The van der Waals surface area contributed by atoms with E-state index in [9.17, 15) is 10.0 Å². The maximum absolute atomic E-state index is 12.6. The number of carbonyl (C=O) groups is 1. The monoisotopic (exact) mass is 527 g/mol. The van der Waals surface area contributed by atoms with Gasteiger partial charge in [-0.05, 0) is 60.7 Å². The van der Waals surface area contributed by atoms with Crippen LogP contribution in [0.4, 0.5) is 16.2 Å². The normalized spacial score (nSPS) is 14.5. The molecule has 0 saturated heterocycles. The van der Waals surface area contributed by atoms with E-state index in [0.29, 0.717) is 28.3 Å². The Hall–Kier alpha value is -2.61. The number of carbonyl (C=O) groups excluding carboxylic acids is 1.